The minimum absolute atomic E-state index is 0.0725. The van der Waals surface area contributed by atoms with Gasteiger partial charge in [0.15, 0.2) is 6.29 Å². The highest BCUT2D eigenvalue weighted by molar-refractivity contribution is 6.98. The summed E-state index contributed by atoms with van der Waals surface area (Å²) in [5.41, 5.74) is 0. The highest BCUT2D eigenvalue weighted by atomic mass is 35.5. The maximum Gasteiger partial charge on any atom is 0.598 e. The molecular weight excluding hydrogens is 248 g/mol. The van der Waals surface area contributed by atoms with Gasteiger partial charge in [-0.1, -0.05) is 12.8 Å². The second-order valence-electron chi connectivity index (χ2n) is 4.32. The molecule has 1 aliphatic heterocycles. The van der Waals surface area contributed by atoms with Gasteiger partial charge >= 0.3 is 19.3 Å². The first kappa shape index (κ1) is 15.6. The summed E-state index contributed by atoms with van der Waals surface area (Å²) in [6, 6.07) is 0. The first-order valence-electron chi connectivity index (χ1n) is 6.68. The van der Waals surface area contributed by atoms with Crippen LogP contribution in [0.4, 0.5) is 0 Å². The SMILES string of the molecule is [Cl][Mg][C]#CCCCCCCOC1CCCCO1. The van der Waals surface area contributed by atoms with E-state index in [1.165, 1.54) is 32.1 Å². The highest BCUT2D eigenvalue weighted by Crippen LogP contribution is 2.14. The molecule has 1 unspecified atom stereocenters. The van der Waals surface area contributed by atoms with E-state index in [1.54, 1.807) is 0 Å². The van der Waals surface area contributed by atoms with E-state index in [0.29, 0.717) is 0 Å². The van der Waals surface area contributed by atoms with Crippen LogP contribution >= 0.6 is 9.07 Å². The van der Waals surface area contributed by atoms with Crippen LogP contribution in [0, 0.1) is 9.97 Å². The van der Waals surface area contributed by atoms with E-state index in [9.17, 15) is 0 Å². The normalized spacial score (nSPS) is 19.2. The Balaban J connectivity index is 1.80. The van der Waals surface area contributed by atoms with Gasteiger partial charge in [-0.3, -0.25) is 0 Å². The summed E-state index contributed by atoms with van der Waals surface area (Å²) in [6.07, 6.45) is 9.38. The Bertz CT molecular complexity index is 231. The van der Waals surface area contributed by atoms with Gasteiger partial charge in [-0.15, -0.1) is 5.92 Å². The number of hydrogen-bond acceptors (Lipinski definition) is 2. The zero-order valence-electron chi connectivity index (χ0n) is 10.5. The molecule has 17 heavy (non-hydrogen) atoms. The number of rotatable bonds is 7. The maximum atomic E-state index is 5.67. The lowest BCUT2D eigenvalue weighted by Crippen LogP contribution is -2.22. The molecular formula is C13H21ClMgO2. The van der Waals surface area contributed by atoms with Crippen molar-refractivity contribution >= 4 is 28.3 Å². The van der Waals surface area contributed by atoms with E-state index in [4.69, 9.17) is 18.5 Å². The van der Waals surface area contributed by atoms with Gasteiger partial charge in [0.25, 0.3) is 0 Å². The predicted octanol–water partition coefficient (Wildman–Crippen LogP) is 3.30. The molecule has 1 aliphatic rings. The van der Waals surface area contributed by atoms with E-state index >= 15 is 0 Å². The summed E-state index contributed by atoms with van der Waals surface area (Å²) in [5.74, 6) is 3.11. The van der Waals surface area contributed by atoms with Crippen LogP contribution < -0.4 is 0 Å². The van der Waals surface area contributed by atoms with Crippen LogP contribution in [0.15, 0.2) is 0 Å². The molecule has 2 nitrogen and oxygen atoms in total. The molecule has 0 aliphatic carbocycles. The number of ether oxygens (including phenoxy) is 2. The minimum atomic E-state index is -0.568. The summed E-state index contributed by atoms with van der Waals surface area (Å²) in [6.45, 7) is 1.71. The second-order valence-corrected chi connectivity index (χ2v) is 5.74. The number of halogens is 1. The lowest BCUT2D eigenvalue weighted by atomic mass is 10.1. The van der Waals surface area contributed by atoms with Crippen molar-refractivity contribution < 1.29 is 9.47 Å². The van der Waals surface area contributed by atoms with Gasteiger partial charge in [0.1, 0.15) is 0 Å². The van der Waals surface area contributed by atoms with Crippen LogP contribution in [-0.4, -0.2) is 38.8 Å². The van der Waals surface area contributed by atoms with Crippen molar-refractivity contribution in [2.24, 2.45) is 0 Å². The standard InChI is InChI=1S/C13H21O2.ClH.Mg/c1-2-3-4-5-6-8-11-14-13-10-7-9-12-15-13;;/h13H,3-12H2;1H;/q;;+1/p-1. The van der Waals surface area contributed by atoms with Gasteiger partial charge in [-0.2, -0.15) is 0 Å². The molecule has 0 aromatic heterocycles. The molecule has 0 aromatic rings. The van der Waals surface area contributed by atoms with Crippen molar-refractivity contribution in [2.75, 3.05) is 13.2 Å². The topological polar surface area (TPSA) is 18.5 Å². The molecule has 1 fully saturated rings. The number of unbranched alkanes of at least 4 members (excludes halogenated alkanes) is 4. The zero-order valence-corrected chi connectivity index (χ0v) is 12.7. The Morgan fingerprint density at radius 1 is 1.24 bits per heavy atom. The summed E-state index contributed by atoms with van der Waals surface area (Å²) >= 11 is -0.568. The molecule has 94 valence electrons. The third-order valence-corrected chi connectivity index (χ3v) is 3.61. The Labute approximate surface area is 118 Å². The van der Waals surface area contributed by atoms with Crippen molar-refractivity contribution in [3.63, 3.8) is 0 Å². The third kappa shape index (κ3) is 9.16. The first-order valence-corrected chi connectivity index (χ1v) is 9.53. The van der Waals surface area contributed by atoms with Crippen LogP contribution in [0.2, 0.25) is 0 Å². The molecule has 1 heterocycles. The Morgan fingerprint density at radius 3 is 2.88 bits per heavy atom. The maximum absolute atomic E-state index is 5.67. The molecule has 4 heteroatoms. The molecule has 0 bridgehead atoms. The fraction of sp³-hybridized carbons (Fsp3) is 0.846. The van der Waals surface area contributed by atoms with Crippen molar-refractivity contribution in [3.8, 4) is 9.97 Å². The highest BCUT2D eigenvalue weighted by Gasteiger charge is 2.12. The monoisotopic (exact) mass is 268 g/mol. The smallest absolute Gasteiger partial charge is 0.353 e. The van der Waals surface area contributed by atoms with Crippen molar-refractivity contribution in [1.82, 2.24) is 0 Å². The van der Waals surface area contributed by atoms with E-state index < -0.39 is 19.3 Å². The fourth-order valence-corrected chi connectivity index (χ4v) is 2.42. The van der Waals surface area contributed by atoms with Crippen LogP contribution in [-0.2, 0) is 9.47 Å². The van der Waals surface area contributed by atoms with Crippen LogP contribution in [0.1, 0.15) is 51.4 Å². The molecule has 0 aromatic carbocycles. The van der Waals surface area contributed by atoms with Crippen LogP contribution in [0.25, 0.3) is 0 Å². The summed E-state index contributed by atoms with van der Waals surface area (Å²) < 4.78 is 14.2. The third-order valence-electron chi connectivity index (χ3n) is 2.83. The minimum Gasteiger partial charge on any atom is -0.353 e. The largest absolute Gasteiger partial charge is 0.598 e. The van der Waals surface area contributed by atoms with E-state index in [-0.39, 0.29) is 6.29 Å². The fourth-order valence-electron chi connectivity index (χ4n) is 1.86. The molecule has 1 saturated heterocycles. The first-order chi connectivity index (χ1) is 8.43. The Morgan fingerprint density at radius 2 is 2.12 bits per heavy atom. The van der Waals surface area contributed by atoms with E-state index in [1.807, 2.05) is 0 Å². The predicted molar refractivity (Wildman–Crippen MR) is 72.0 cm³/mol. The Kier molecular flexibility index (Phi) is 10.7. The molecule has 0 spiro atoms. The summed E-state index contributed by atoms with van der Waals surface area (Å²) in [4.78, 5) is 0. The van der Waals surface area contributed by atoms with Crippen molar-refractivity contribution in [2.45, 2.75) is 57.7 Å². The molecule has 0 radical (unpaired) electrons. The average molecular weight is 269 g/mol. The van der Waals surface area contributed by atoms with Gasteiger partial charge < -0.3 is 18.5 Å². The van der Waals surface area contributed by atoms with Crippen molar-refractivity contribution in [1.29, 1.82) is 0 Å². The lowest BCUT2D eigenvalue weighted by molar-refractivity contribution is -0.162. The van der Waals surface area contributed by atoms with Crippen LogP contribution in [0.3, 0.4) is 0 Å². The molecule has 1 atom stereocenters. The van der Waals surface area contributed by atoms with E-state index in [0.717, 1.165) is 32.5 Å². The molecule has 0 saturated carbocycles. The second kappa shape index (κ2) is 11.6. The van der Waals surface area contributed by atoms with Gasteiger partial charge in [0.2, 0.25) is 0 Å². The zero-order chi connectivity index (χ0) is 12.2. The van der Waals surface area contributed by atoms with Gasteiger partial charge in [-0.25, -0.2) is 4.05 Å². The van der Waals surface area contributed by atoms with Gasteiger partial charge in [0.05, 0.1) is 0 Å². The van der Waals surface area contributed by atoms with Gasteiger partial charge in [-0.05, 0) is 32.1 Å². The summed E-state index contributed by atoms with van der Waals surface area (Å²) in [7, 11) is 5.59. The number of hydrogen-bond donors (Lipinski definition) is 0. The average Bonchev–Trinajstić information content (AvgIpc) is 2.38. The van der Waals surface area contributed by atoms with Gasteiger partial charge in [0, 0.05) is 19.6 Å². The Hall–Kier alpha value is 0.536. The summed E-state index contributed by atoms with van der Waals surface area (Å²) in [5, 5.41) is 0. The quantitative estimate of drug-likeness (QED) is 0.401. The molecule has 0 N–H and O–H groups in total. The molecule has 1 rings (SSSR count). The van der Waals surface area contributed by atoms with E-state index in [2.05, 4.69) is 9.97 Å². The molecule has 0 amide bonds. The lowest BCUT2D eigenvalue weighted by Gasteiger charge is -2.22. The van der Waals surface area contributed by atoms with Crippen molar-refractivity contribution in [3.05, 3.63) is 0 Å². The van der Waals surface area contributed by atoms with Crippen LogP contribution in [0.5, 0.6) is 0 Å².